The average molecular weight is 263 g/mol. The molecular formula is C14H22BNO3. The van der Waals surface area contributed by atoms with Gasteiger partial charge in [0, 0.05) is 17.9 Å². The van der Waals surface area contributed by atoms with Crippen LogP contribution in [0.25, 0.3) is 0 Å². The predicted molar refractivity (Wildman–Crippen MR) is 75.3 cm³/mol. The van der Waals surface area contributed by atoms with Crippen LogP contribution >= 0.6 is 0 Å². The molecule has 1 fully saturated rings. The molecule has 1 aliphatic heterocycles. The topological polar surface area (TPSA) is 51.6 Å². The molecule has 0 saturated carbocycles. The number of hydrogen-bond acceptors (Lipinski definition) is 4. The van der Waals surface area contributed by atoms with Gasteiger partial charge in [-0.2, -0.15) is 0 Å². The van der Waals surface area contributed by atoms with Gasteiger partial charge in [-0.15, -0.1) is 0 Å². The molecule has 1 aliphatic rings. The van der Waals surface area contributed by atoms with Crippen LogP contribution in [0.15, 0.2) is 18.5 Å². The molecule has 19 heavy (non-hydrogen) atoms. The van der Waals surface area contributed by atoms with E-state index in [4.69, 9.17) is 9.31 Å². The quantitative estimate of drug-likeness (QED) is 0.835. The molecule has 4 nitrogen and oxygen atoms in total. The molecule has 2 heterocycles. The van der Waals surface area contributed by atoms with Gasteiger partial charge in [0.05, 0.1) is 17.3 Å². The van der Waals surface area contributed by atoms with Crippen LogP contribution in [-0.2, 0) is 15.7 Å². The van der Waals surface area contributed by atoms with E-state index in [9.17, 15) is 5.11 Å². The fourth-order valence-corrected chi connectivity index (χ4v) is 2.12. The molecule has 1 aromatic rings. The van der Waals surface area contributed by atoms with E-state index in [1.54, 1.807) is 19.3 Å². The second-order valence-corrected chi connectivity index (χ2v) is 6.22. The van der Waals surface area contributed by atoms with Gasteiger partial charge in [0.25, 0.3) is 0 Å². The summed E-state index contributed by atoms with van der Waals surface area (Å²) < 4.78 is 12.1. The Hall–Kier alpha value is -0.905. The van der Waals surface area contributed by atoms with Crippen molar-refractivity contribution in [1.29, 1.82) is 0 Å². The molecule has 1 N–H and O–H groups in total. The van der Waals surface area contributed by atoms with Crippen LogP contribution < -0.4 is 5.46 Å². The summed E-state index contributed by atoms with van der Waals surface area (Å²) in [5.74, 6) is 0. The number of aliphatic hydroxyl groups excluding tert-OH is 1. The Bertz CT molecular complexity index is 444. The molecule has 104 valence electrons. The maximum absolute atomic E-state index is 9.58. The van der Waals surface area contributed by atoms with E-state index >= 15 is 0 Å². The molecule has 1 unspecified atom stereocenters. The van der Waals surface area contributed by atoms with Gasteiger partial charge in [-0.05, 0) is 52.7 Å². The third kappa shape index (κ3) is 2.83. The second-order valence-electron chi connectivity index (χ2n) is 6.22. The minimum atomic E-state index is -0.424. The maximum Gasteiger partial charge on any atom is 0.496 e. The van der Waals surface area contributed by atoms with Gasteiger partial charge >= 0.3 is 7.12 Å². The van der Waals surface area contributed by atoms with Crippen molar-refractivity contribution in [1.82, 2.24) is 4.98 Å². The van der Waals surface area contributed by atoms with Gasteiger partial charge in [-0.1, -0.05) is 0 Å². The molecule has 1 saturated heterocycles. The number of aliphatic hydroxyl groups is 1. The molecule has 0 bridgehead atoms. The summed E-state index contributed by atoms with van der Waals surface area (Å²) in [6.07, 6.45) is 3.66. The largest absolute Gasteiger partial charge is 0.496 e. The van der Waals surface area contributed by atoms with Crippen molar-refractivity contribution in [2.45, 2.75) is 58.3 Å². The van der Waals surface area contributed by atoms with Gasteiger partial charge in [-0.25, -0.2) is 0 Å². The number of nitrogens with zero attached hydrogens (tertiary/aromatic N) is 1. The number of aromatic nitrogens is 1. The summed E-state index contributed by atoms with van der Waals surface area (Å²) in [6, 6.07) is 1.91. The Morgan fingerprint density at radius 3 is 2.37 bits per heavy atom. The van der Waals surface area contributed by atoms with E-state index in [2.05, 4.69) is 4.98 Å². The summed E-state index contributed by atoms with van der Waals surface area (Å²) in [6.45, 7) is 9.87. The van der Waals surface area contributed by atoms with Crippen LogP contribution in [0, 0.1) is 0 Å². The highest BCUT2D eigenvalue weighted by Gasteiger charge is 2.52. The lowest BCUT2D eigenvalue weighted by atomic mass is 9.76. The van der Waals surface area contributed by atoms with Crippen LogP contribution in [-0.4, -0.2) is 34.5 Å². The molecule has 0 aliphatic carbocycles. The first-order chi connectivity index (χ1) is 8.73. The first-order valence-electron chi connectivity index (χ1n) is 6.69. The zero-order valence-corrected chi connectivity index (χ0v) is 12.3. The summed E-state index contributed by atoms with van der Waals surface area (Å²) in [5.41, 5.74) is 1.19. The van der Waals surface area contributed by atoms with E-state index in [1.807, 2.05) is 33.8 Å². The first kappa shape index (κ1) is 14.5. The maximum atomic E-state index is 9.58. The Morgan fingerprint density at radius 2 is 1.84 bits per heavy atom. The molecule has 1 atom stereocenters. The molecule has 0 radical (unpaired) electrons. The van der Waals surface area contributed by atoms with Crippen LogP contribution in [0.2, 0.25) is 0 Å². The molecule has 1 aromatic heterocycles. The average Bonchev–Trinajstić information content (AvgIpc) is 2.48. The van der Waals surface area contributed by atoms with Crippen LogP contribution in [0.1, 0.15) is 40.2 Å². The predicted octanol–water partition coefficient (Wildman–Crippen LogP) is 1.30. The minimum absolute atomic E-state index is 0.365. The monoisotopic (exact) mass is 263 g/mol. The first-order valence-corrected chi connectivity index (χ1v) is 6.69. The number of rotatable bonds is 3. The lowest BCUT2D eigenvalue weighted by molar-refractivity contribution is 0.00578. The molecule has 0 spiro atoms. The van der Waals surface area contributed by atoms with E-state index in [-0.39, 0.29) is 11.2 Å². The van der Waals surface area contributed by atoms with E-state index in [0.717, 1.165) is 11.0 Å². The van der Waals surface area contributed by atoms with E-state index < -0.39 is 13.2 Å². The summed E-state index contributed by atoms with van der Waals surface area (Å²) >= 11 is 0. The molecule has 5 heteroatoms. The molecule has 2 rings (SSSR count). The molecular weight excluding hydrogens is 241 g/mol. The highest BCUT2D eigenvalue weighted by Crippen LogP contribution is 2.36. The highest BCUT2D eigenvalue weighted by molar-refractivity contribution is 6.62. The van der Waals surface area contributed by atoms with Crippen molar-refractivity contribution in [3.8, 4) is 0 Å². The molecule has 0 aromatic carbocycles. The smallest absolute Gasteiger partial charge is 0.399 e. The SMILES string of the molecule is CC(O)Cc1ccncc1B1OC(C)(C)C(C)(C)O1. The third-order valence-corrected chi connectivity index (χ3v) is 3.97. The van der Waals surface area contributed by atoms with Crippen molar-refractivity contribution in [3.05, 3.63) is 24.0 Å². The Balaban J connectivity index is 2.29. The zero-order valence-electron chi connectivity index (χ0n) is 12.3. The van der Waals surface area contributed by atoms with Crippen LogP contribution in [0.3, 0.4) is 0 Å². The van der Waals surface area contributed by atoms with Gasteiger partial charge in [0.15, 0.2) is 0 Å². The summed E-state index contributed by atoms with van der Waals surface area (Å²) in [7, 11) is -0.424. The van der Waals surface area contributed by atoms with Gasteiger partial charge in [-0.3, -0.25) is 4.98 Å². The van der Waals surface area contributed by atoms with Gasteiger partial charge in [0.2, 0.25) is 0 Å². The van der Waals surface area contributed by atoms with Crippen molar-refractivity contribution in [2.24, 2.45) is 0 Å². The van der Waals surface area contributed by atoms with Gasteiger partial charge < -0.3 is 14.4 Å². The molecule has 0 amide bonds. The van der Waals surface area contributed by atoms with Crippen molar-refractivity contribution >= 4 is 12.6 Å². The van der Waals surface area contributed by atoms with Crippen molar-refractivity contribution in [2.75, 3.05) is 0 Å². The van der Waals surface area contributed by atoms with Crippen LogP contribution in [0.5, 0.6) is 0 Å². The van der Waals surface area contributed by atoms with E-state index in [0.29, 0.717) is 6.42 Å². The highest BCUT2D eigenvalue weighted by atomic mass is 16.7. The second kappa shape index (κ2) is 4.89. The van der Waals surface area contributed by atoms with Gasteiger partial charge in [0.1, 0.15) is 0 Å². The van der Waals surface area contributed by atoms with E-state index in [1.165, 1.54) is 0 Å². The summed E-state index contributed by atoms with van der Waals surface area (Å²) in [5, 5.41) is 9.58. The van der Waals surface area contributed by atoms with Crippen LogP contribution in [0.4, 0.5) is 0 Å². The minimum Gasteiger partial charge on any atom is -0.399 e. The Kier molecular flexibility index (Phi) is 3.73. The third-order valence-electron chi connectivity index (χ3n) is 3.97. The normalized spacial score (nSPS) is 22.5. The zero-order chi connectivity index (χ0) is 14.3. The fraction of sp³-hybridized carbons (Fsp3) is 0.643. The summed E-state index contributed by atoms with van der Waals surface area (Å²) in [4.78, 5) is 4.15. The standard InChI is InChI=1S/C14H22BNO3/c1-10(17)8-11-6-7-16-9-12(11)15-18-13(2,3)14(4,5)19-15/h6-7,9-10,17H,8H2,1-5H3. The fourth-order valence-electron chi connectivity index (χ4n) is 2.12. The lowest BCUT2D eigenvalue weighted by Crippen LogP contribution is -2.41. The Labute approximate surface area is 115 Å². The Morgan fingerprint density at radius 1 is 1.26 bits per heavy atom. The number of hydrogen-bond donors (Lipinski definition) is 1. The van der Waals surface area contributed by atoms with Crippen molar-refractivity contribution < 1.29 is 14.4 Å². The number of pyridine rings is 1. The van der Waals surface area contributed by atoms with Crippen molar-refractivity contribution in [3.63, 3.8) is 0 Å². The lowest BCUT2D eigenvalue weighted by Gasteiger charge is -2.32.